The lowest BCUT2D eigenvalue weighted by Crippen LogP contribution is -2.24. The van der Waals surface area contributed by atoms with Gasteiger partial charge in [-0.2, -0.15) is 18.3 Å². The molecule has 1 N–H and O–H groups in total. The molecule has 9 heteroatoms. The van der Waals surface area contributed by atoms with Crippen molar-refractivity contribution in [3.05, 3.63) is 64.8 Å². The number of aliphatic hydroxyl groups excluding tert-OH is 1. The second-order valence-corrected chi connectivity index (χ2v) is 5.37. The van der Waals surface area contributed by atoms with Crippen molar-refractivity contribution in [3.63, 3.8) is 0 Å². The van der Waals surface area contributed by atoms with Crippen LogP contribution in [0.4, 0.5) is 18.9 Å². The fourth-order valence-electron chi connectivity index (χ4n) is 1.84. The molecule has 0 aliphatic carbocycles. The molecule has 2 rings (SSSR count). The van der Waals surface area contributed by atoms with Crippen LogP contribution in [-0.4, -0.2) is 24.2 Å². The number of benzene rings is 2. The van der Waals surface area contributed by atoms with Gasteiger partial charge in [-0.3, -0.25) is 4.79 Å². The average Bonchev–Trinajstić information content (AvgIpc) is 2.62. The van der Waals surface area contributed by atoms with Crippen molar-refractivity contribution < 1.29 is 27.8 Å². The Morgan fingerprint density at radius 1 is 1.08 bits per heavy atom. The summed E-state index contributed by atoms with van der Waals surface area (Å²) < 4.78 is 43.4. The van der Waals surface area contributed by atoms with Crippen LogP contribution in [0.1, 0.15) is 5.56 Å². The van der Waals surface area contributed by atoms with Crippen molar-refractivity contribution in [3.8, 4) is 5.75 Å². The predicted octanol–water partition coefficient (Wildman–Crippen LogP) is 5.49. The van der Waals surface area contributed by atoms with Crippen LogP contribution < -0.4 is 4.74 Å². The SMILES string of the molecule is COc1ccc(N=N/C(C(=O)C(F)(F)F)=C(\O)c2ccc(Cl)cc2)cc1. The average molecular weight is 385 g/mol. The molecule has 0 bridgehead atoms. The van der Waals surface area contributed by atoms with Gasteiger partial charge >= 0.3 is 6.18 Å². The number of halogens is 4. The van der Waals surface area contributed by atoms with Gasteiger partial charge in [-0.05, 0) is 48.5 Å². The van der Waals surface area contributed by atoms with Crippen LogP contribution in [0.15, 0.2) is 64.5 Å². The Hall–Kier alpha value is -2.87. The Morgan fingerprint density at radius 3 is 2.15 bits per heavy atom. The van der Waals surface area contributed by atoms with E-state index in [2.05, 4.69) is 10.2 Å². The highest BCUT2D eigenvalue weighted by atomic mass is 35.5. The zero-order chi connectivity index (χ0) is 19.3. The number of Topliss-reactive ketones (excluding diaryl/α,β-unsaturated/α-hetero) is 1. The molecule has 0 aliphatic heterocycles. The maximum Gasteiger partial charge on any atom is 0.456 e. The summed E-state index contributed by atoms with van der Waals surface area (Å²) in [5, 5.41) is 17.3. The molecular weight excluding hydrogens is 373 g/mol. The van der Waals surface area contributed by atoms with E-state index in [0.29, 0.717) is 10.8 Å². The molecule has 0 aliphatic rings. The van der Waals surface area contributed by atoms with Crippen LogP contribution in [-0.2, 0) is 4.79 Å². The number of rotatable bonds is 5. The molecule has 0 unspecified atom stereocenters. The predicted molar refractivity (Wildman–Crippen MR) is 89.6 cm³/mol. The highest BCUT2D eigenvalue weighted by Gasteiger charge is 2.43. The van der Waals surface area contributed by atoms with E-state index in [-0.39, 0.29) is 11.3 Å². The first-order valence-electron chi connectivity index (χ1n) is 7.09. The first-order valence-corrected chi connectivity index (χ1v) is 7.46. The summed E-state index contributed by atoms with van der Waals surface area (Å²) in [6.45, 7) is 0. The summed E-state index contributed by atoms with van der Waals surface area (Å²) in [4.78, 5) is 11.6. The molecule has 0 saturated heterocycles. The van der Waals surface area contributed by atoms with Crippen LogP contribution in [0.2, 0.25) is 5.02 Å². The number of nitrogens with zero attached hydrogens (tertiary/aromatic N) is 2. The lowest BCUT2D eigenvalue weighted by atomic mass is 10.1. The Morgan fingerprint density at radius 2 is 1.65 bits per heavy atom. The summed E-state index contributed by atoms with van der Waals surface area (Å²) >= 11 is 5.70. The molecule has 26 heavy (non-hydrogen) atoms. The number of ketones is 1. The van der Waals surface area contributed by atoms with E-state index in [9.17, 15) is 23.1 Å². The number of methoxy groups -OCH3 is 1. The summed E-state index contributed by atoms with van der Waals surface area (Å²) in [7, 11) is 1.45. The summed E-state index contributed by atoms with van der Waals surface area (Å²) in [6.07, 6.45) is -5.23. The smallest absolute Gasteiger partial charge is 0.456 e. The minimum absolute atomic E-state index is 0.0596. The molecule has 0 atom stereocenters. The quantitative estimate of drug-likeness (QED) is 0.421. The molecule has 0 amide bonds. The van der Waals surface area contributed by atoms with Crippen molar-refractivity contribution in [2.45, 2.75) is 6.18 Å². The number of alkyl halides is 3. The van der Waals surface area contributed by atoms with E-state index in [1.165, 1.54) is 55.6 Å². The molecule has 0 saturated carbocycles. The molecule has 0 fully saturated rings. The summed E-state index contributed by atoms with van der Waals surface area (Å²) in [6, 6.07) is 11.1. The Kier molecular flexibility index (Phi) is 5.99. The number of azo groups is 1. The van der Waals surface area contributed by atoms with Crippen molar-refractivity contribution in [1.82, 2.24) is 0 Å². The lowest BCUT2D eigenvalue weighted by Gasteiger charge is -2.08. The molecule has 136 valence electrons. The van der Waals surface area contributed by atoms with E-state index in [4.69, 9.17) is 16.3 Å². The van der Waals surface area contributed by atoms with Gasteiger partial charge in [0.05, 0.1) is 12.8 Å². The van der Waals surface area contributed by atoms with Crippen LogP contribution >= 0.6 is 11.6 Å². The maximum atomic E-state index is 12.8. The standard InChI is InChI=1S/C17H12ClF3N2O3/c1-26-13-8-6-12(7-9-13)22-23-14(16(25)17(19,20)21)15(24)10-2-4-11(18)5-3-10/h2-9,24H,1H3/b15-14-,23-22?. The second kappa shape index (κ2) is 8.01. The topological polar surface area (TPSA) is 71.2 Å². The largest absolute Gasteiger partial charge is 0.505 e. The zero-order valence-electron chi connectivity index (χ0n) is 13.3. The van der Waals surface area contributed by atoms with Crippen molar-refractivity contribution in [1.29, 1.82) is 0 Å². The number of carbonyl (C=O) groups excluding carboxylic acids is 1. The van der Waals surface area contributed by atoms with Crippen molar-refractivity contribution in [2.24, 2.45) is 10.2 Å². The van der Waals surface area contributed by atoms with Crippen molar-refractivity contribution >= 4 is 28.8 Å². The molecule has 0 radical (unpaired) electrons. The fourth-order valence-corrected chi connectivity index (χ4v) is 1.96. The normalized spacial score (nSPS) is 12.8. The summed E-state index contributed by atoms with van der Waals surface area (Å²) in [5.41, 5.74) is -1.12. The van der Waals surface area contributed by atoms with E-state index in [0.717, 1.165) is 0 Å². The summed E-state index contributed by atoms with van der Waals surface area (Å²) in [5.74, 6) is -2.77. The van der Waals surface area contributed by atoms with E-state index in [1.807, 2.05) is 0 Å². The number of ether oxygens (including phenoxy) is 1. The maximum absolute atomic E-state index is 12.8. The minimum Gasteiger partial charge on any atom is -0.505 e. The molecule has 0 aromatic heterocycles. The molecule has 0 spiro atoms. The fraction of sp³-hybridized carbons (Fsp3) is 0.118. The van der Waals surface area contributed by atoms with Gasteiger partial charge in [0.2, 0.25) is 0 Å². The number of hydrogen-bond acceptors (Lipinski definition) is 5. The van der Waals surface area contributed by atoms with E-state index >= 15 is 0 Å². The molecule has 0 heterocycles. The third-order valence-corrected chi connectivity index (χ3v) is 3.40. The van der Waals surface area contributed by atoms with Crippen LogP contribution in [0.3, 0.4) is 0 Å². The molecule has 2 aromatic rings. The zero-order valence-corrected chi connectivity index (χ0v) is 14.0. The highest BCUT2D eigenvalue weighted by Crippen LogP contribution is 2.28. The van der Waals surface area contributed by atoms with Gasteiger partial charge in [0.25, 0.3) is 5.78 Å². The Bertz CT molecular complexity index is 845. The van der Waals surface area contributed by atoms with E-state index in [1.54, 1.807) is 0 Å². The van der Waals surface area contributed by atoms with Crippen LogP contribution in [0.5, 0.6) is 5.75 Å². The Balaban J connectivity index is 2.46. The van der Waals surface area contributed by atoms with Crippen LogP contribution in [0.25, 0.3) is 5.76 Å². The van der Waals surface area contributed by atoms with Crippen molar-refractivity contribution in [2.75, 3.05) is 7.11 Å². The van der Waals surface area contributed by atoms with Gasteiger partial charge in [0.1, 0.15) is 5.75 Å². The molecule has 2 aromatic carbocycles. The molecule has 5 nitrogen and oxygen atoms in total. The third kappa shape index (κ3) is 4.82. The lowest BCUT2D eigenvalue weighted by molar-refractivity contribution is -0.166. The van der Waals surface area contributed by atoms with Gasteiger partial charge < -0.3 is 9.84 Å². The monoisotopic (exact) mass is 384 g/mol. The van der Waals surface area contributed by atoms with Gasteiger partial charge in [-0.15, -0.1) is 5.11 Å². The van der Waals surface area contributed by atoms with E-state index < -0.39 is 23.4 Å². The van der Waals surface area contributed by atoms with Gasteiger partial charge in [-0.1, -0.05) is 11.6 Å². The number of carbonyl (C=O) groups is 1. The first-order chi connectivity index (χ1) is 12.2. The van der Waals surface area contributed by atoms with Gasteiger partial charge in [0, 0.05) is 10.6 Å². The number of hydrogen-bond donors (Lipinski definition) is 1. The second-order valence-electron chi connectivity index (χ2n) is 4.93. The number of allylic oxidation sites excluding steroid dienone is 1. The minimum atomic E-state index is -5.23. The first kappa shape index (κ1) is 19.5. The van der Waals surface area contributed by atoms with Gasteiger partial charge in [0.15, 0.2) is 11.5 Å². The Labute approximate surface area is 151 Å². The molecular formula is C17H12ClF3N2O3. The van der Waals surface area contributed by atoms with Gasteiger partial charge in [-0.25, -0.2) is 0 Å². The number of aliphatic hydroxyl groups is 1. The highest BCUT2D eigenvalue weighted by molar-refractivity contribution is 6.30. The third-order valence-electron chi connectivity index (χ3n) is 3.15. The van der Waals surface area contributed by atoms with Crippen LogP contribution in [0, 0.1) is 0 Å².